The van der Waals surface area contributed by atoms with Crippen LogP contribution in [0.2, 0.25) is 0 Å². The van der Waals surface area contributed by atoms with Gasteiger partial charge in [0.05, 0.1) is 17.9 Å². The van der Waals surface area contributed by atoms with Crippen LogP contribution >= 0.6 is 11.3 Å². The highest BCUT2D eigenvalue weighted by atomic mass is 32.1. The van der Waals surface area contributed by atoms with Crippen LogP contribution in [0, 0.1) is 5.92 Å². The summed E-state index contributed by atoms with van der Waals surface area (Å²) in [4.78, 5) is 26.6. The molecule has 1 aliphatic rings. The van der Waals surface area contributed by atoms with Gasteiger partial charge in [0.2, 0.25) is 0 Å². The van der Waals surface area contributed by atoms with Gasteiger partial charge in [0.25, 0.3) is 5.91 Å². The normalized spacial score (nSPS) is 14.8. The molecule has 0 saturated carbocycles. The summed E-state index contributed by atoms with van der Waals surface area (Å²) < 4.78 is 9.94. The molecular formula is C18H23N3O4S. The summed E-state index contributed by atoms with van der Waals surface area (Å²) in [5.74, 6) is 0.338. The first-order chi connectivity index (χ1) is 12.7. The number of hydrogen-bond acceptors (Lipinski definition) is 7. The third-order valence-electron chi connectivity index (χ3n) is 4.44. The molecule has 140 valence electrons. The van der Waals surface area contributed by atoms with Gasteiger partial charge in [-0.05, 0) is 30.8 Å². The molecule has 2 aromatic rings. The number of hydrogen-bond donors (Lipinski definition) is 1. The first kappa shape index (κ1) is 18.6. The smallest absolute Gasteiger partial charge is 0.311 e. The maximum absolute atomic E-state index is 12.1. The predicted octanol–water partition coefficient (Wildman–Crippen LogP) is 2.41. The van der Waals surface area contributed by atoms with E-state index < -0.39 is 0 Å². The number of amides is 1. The van der Waals surface area contributed by atoms with Gasteiger partial charge in [0.1, 0.15) is 0 Å². The summed E-state index contributed by atoms with van der Waals surface area (Å²) >= 11 is 1.54. The Kier molecular flexibility index (Phi) is 6.40. The van der Waals surface area contributed by atoms with Crippen molar-refractivity contribution in [3.05, 3.63) is 29.3 Å². The fourth-order valence-electron chi connectivity index (χ4n) is 2.91. The van der Waals surface area contributed by atoms with Gasteiger partial charge < -0.3 is 19.5 Å². The highest BCUT2D eigenvalue weighted by Gasteiger charge is 2.32. The van der Waals surface area contributed by atoms with E-state index in [9.17, 15) is 9.59 Å². The second-order valence-corrected chi connectivity index (χ2v) is 7.30. The summed E-state index contributed by atoms with van der Waals surface area (Å²) in [5.41, 5.74) is 0.308. The van der Waals surface area contributed by atoms with Gasteiger partial charge in [0.15, 0.2) is 11.5 Å². The molecule has 1 N–H and O–H groups in total. The first-order valence-corrected chi connectivity index (χ1v) is 9.64. The number of rotatable bonds is 9. The van der Waals surface area contributed by atoms with Crippen LogP contribution in [0.1, 0.15) is 29.8 Å². The lowest BCUT2D eigenvalue weighted by Crippen LogP contribution is -2.50. The second kappa shape index (κ2) is 8.95. The summed E-state index contributed by atoms with van der Waals surface area (Å²) in [6, 6.07) is 5.53. The first-order valence-electron chi connectivity index (χ1n) is 8.76. The number of carbonyl (C=O) groups is 2. The van der Waals surface area contributed by atoms with Crippen molar-refractivity contribution in [2.75, 3.05) is 33.3 Å². The Labute approximate surface area is 156 Å². The lowest BCUT2D eigenvalue weighted by molar-refractivity contribution is -0.151. The number of likely N-dealkylation sites (tertiary alicyclic amines) is 1. The van der Waals surface area contributed by atoms with Gasteiger partial charge in [-0.3, -0.25) is 9.59 Å². The number of methoxy groups -OCH3 is 1. The van der Waals surface area contributed by atoms with Crippen molar-refractivity contribution >= 4 is 23.2 Å². The molecule has 1 fully saturated rings. The van der Waals surface area contributed by atoms with Crippen molar-refractivity contribution in [1.29, 1.82) is 0 Å². The van der Waals surface area contributed by atoms with Crippen molar-refractivity contribution in [3.63, 3.8) is 0 Å². The van der Waals surface area contributed by atoms with Crippen LogP contribution in [0.25, 0.3) is 10.6 Å². The van der Waals surface area contributed by atoms with Crippen LogP contribution in [-0.4, -0.2) is 55.2 Å². The van der Waals surface area contributed by atoms with Crippen LogP contribution in [-0.2, 0) is 9.53 Å². The van der Waals surface area contributed by atoms with E-state index in [4.69, 9.17) is 9.26 Å². The molecule has 2 aromatic heterocycles. The van der Waals surface area contributed by atoms with Crippen molar-refractivity contribution in [3.8, 4) is 10.6 Å². The molecule has 1 saturated heterocycles. The van der Waals surface area contributed by atoms with Gasteiger partial charge in [-0.15, -0.1) is 11.3 Å². The Bertz CT molecular complexity index is 723. The molecule has 0 radical (unpaired) electrons. The average Bonchev–Trinajstić information content (AvgIpc) is 3.29. The third kappa shape index (κ3) is 4.70. The van der Waals surface area contributed by atoms with Crippen molar-refractivity contribution < 1.29 is 18.8 Å². The van der Waals surface area contributed by atoms with Gasteiger partial charge in [-0.1, -0.05) is 17.6 Å². The fraction of sp³-hybridized carbons (Fsp3) is 0.500. The fourth-order valence-corrected chi connectivity index (χ4v) is 3.59. The monoisotopic (exact) mass is 377 g/mol. The number of unbranched alkanes of at least 4 members (excludes halogenated alkanes) is 2. The van der Waals surface area contributed by atoms with Crippen molar-refractivity contribution in [2.45, 2.75) is 19.3 Å². The molecule has 0 aromatic carbocycles. The van der Waals surface area contributed by atoms with Gasteiger partial charge >= 0.3 is 5.97 Å². The lowest BCUT2D eigenvalue weighted by Gasteiger charge is -2.37. The van der Waals surface area contributed by atoms with E-state index in [0.29, 0.717) is 18.0 Å². The van der Waals surface area contributed by atoms with Gasteiger partial charge in [-0.2, -0.15) is 0 Å². The van der Waals surface area contributed by atoms with Crippen molar-refractivity contribution in [2.24, 2.45) is 5.92 Å². The molecule has 0 spiro atoms. The minimum absolute atomic E-state index is 0.0424. The van der Waals surface area contributed by atoms with E-state index >= 15 is 0 Å². The number of esters is 1. The largest absolute Gasteiger partial charge is 0.469 e. The Morgan fingerprint density at radius 3 is 2.96 bits per heavy atom. The SMILES string of the molecule is COC(=O)C1CN(CCCCCNC(=O)c2cc(-c3cccs3)on2)C1. The molecule has 0 unspecified atom stereocenters. The Morgan fingerprint density at radius 2 is 2.23 bits per heavy atom. The van der Waals surface area contributed by atoms with Crippen LogP contribution in [0.5, 0.6) is 0 Å². The molecule has 26 heavy (non-hydrogen) atoms. The molecule has 1 amide bonds. The van der Waals surface area contributed by atoms with E-state index in [1.807, 2.05) is 17.5 Å². The molecule has 8 heteroatoms. The molecule has 1 aliphatic heterocycles. The number of nitrogens with zero attached hydrogens (tertiary/aromatic N) is 2. The van der Waals surface area contributed by atoms with Crippen LogP contribution < -0.4 is 5.32 Å². The van der Waals surface area contributed by atoms with Gasteiger partial charge in [0, 0.05) is 25.7 Å². The standard InChI is InChI=1S/C18H23N3O4S/c1-24-18(23)13-11-21(12-13)8-4-2-3-7-19-17(22)14-10-15(25-20-14)16-6-5-9-26-16/h5-6,9-10,13H,2-4,7-8,11-12H2,1H3,(H,19,22). The number of aromatic nitrogens is 1. The van der Waals surface area contributed by atoms with E-state index in [0.717, 1.165) is 43.8 Å². The summed E-state index contributed by atoms with van der Waals surface area (Å²) in [5, 5.41) is 8.65. The quantitative estimate of drug-likeness (QED) is 0.534. The van der Waals surface area contributed by atoms with Crippen LogP contribution in [0.15, 0.2) is 28.1 Å². The zero-order valence-electron chi connectivity index (χ0n) is 14.8. The number of thiophene rings is 1. The maximum atomic E-state index is 12.1. The van der Waals surface area contributed by atoms with Crippen molar-refractivity contribution in [1.82, 2.24) is 15.4 Å². The molecule has 3 rings (SSSR count). The number of carbonyl (C=O) groups excluding carboxylic acids is 2. The maximum Gasteiger partial charge on any atom is 0.311 e. The Morgan fingerprint density at radius 1 is 1.38 bits per heavy atom. The molecule has 0 bridgehead atoms. The van der Waals surface area contributed by atoms with E-state index in [1.165, 1.54) is 7.11 Å². The van der Waals surface area contributed by atoms with E-state index in [-0.39, 0.29) is 17.8 Å². The minimum Gasteiger partial charge on any atom is -0.469 e. The summed E-state index contributed by atoms with van der Waals surface area (Å²) in [6.45, 7) is 3.18. The Hall–Kier alpha value is -2.19. The second-order valence-electron chi connectivity index (χ2n) is 6.35. The Balaban J connectivity index is 1.26. The lowest BCUT2D eigenvalue weighted by atomic mass is 10.00. The third-order valence-corrected chi connectivity index (χ3v) is 5.32. The zero-order chi connectivity index (χ0) is 18.4. The van der Waals surface area contributed by atoms with E-state index in [2.05, 4.69) is 15.4 Å². The average molecular weight is 377 g/mol. The molecule has 0 atom stereocenters. The zero-order valence-corrected chi connectivity index (χ0v) is 15.6. The topological polar surface area (TPSA) is 84.7 Å². The van der Waals surface area contributed by atoms with Crippen LogP contribution in [0.3, 0.4) is 0 Å². The van der Waals surface area contributed by atoms with Crippen LogP contribution in [0.4, 0.5) is 0 Å². The minimum atomic E-state index is -0.208. The summed E-state index contributed by atoms with van der Waals surface area (Å²) in [6.07, 6.45) is 2.99. The molecule has 3 heterocycles. The number of ether oxygens (including phenoxy) is 1. The molecular weight excluding hydrogens is 354 g/mol. The van der Waals surface area contributed by atoms with Gasteiger partial charge in [-0.25, -0.2) is 0 Å². The highest BCUT2D eigenvalue weighted by molar-refractivity contribution is 7.13. The predicted molar refractivity (Wildman–Crippen MR) is 97.9 cm³/mol. The summed E-state index contributed by atoms with van der Waals surface area (Å²) in [7, 11) is 1.43. The van der Waals surface area contributed by atoms with E-state index in [1.54, 1.807) is 17.4 Å². The molecule has 0 aliphatic carbocycles. The highest BCUT2D eigenvalue weighted by Crippen LogP contribution is 2.25. The number of nitrogens with one attached hydrogen (secondary N) is 1. The molecule has 7 nitrogen and oxygen atoms in total.